The molecule has 21 heavy (non-hydrogen) atoms. The Labute approximate surface area is 126 Å². The molecule has 0 aromatic rings. The van der Waals surface area contributed by atoms with E-state index >= 15 is 0 Å². The summed E-state index contributed by atoms with van der Waals surface area (Å²) in [4.78, 5) is 23.1. The minimum atomic E-state index is -0.361. The number of carbonyl (C=O) groups excluding carboxylic acids is 2. The highest BCUT2D eigenvalue weighted by atomic mass is 16.5. The fourth-order valence-corrected chi connectivity index (χ4v) is 1.55. The maximum absolute atomic E-state index is 11.6. The minimum absolute atomic E-state index is 0.163. The number of rotatable bonds is 12. The van der Waals surface area contributed by atoms with E-state index in [1.54, 1.807) is 24.3 Å². The molecule has 0 aromatic carbocycles. The molecule has 0 saturated carbocycles. The fourth-order valence-electron chi connectivity index (χ4n) is 1.55. The van der Waals surface area contributed by atoms with Gasteiger partial charge in [-0.1, -0.05) is 37.5 Å². The van der Waals surface area contributed by atoms with Gasteiger partial charge in [0.1, 0.15) is 12.2 Å². The molecule has 0 amide bonds. The van der Waals surface area contributed by atoms with E-state index in [-0.39, 0.29) is 37.0 Å². The zero-order valence-electron chi connectivity index (χ0n) is 12.5. The number of carbonyl (C=O) groups is 2. The first-order chi connectivity index (χ1) is 10.1. The molecule has 2 unspecified atom stereocenters. The van der Waals surface area contributed by atoms with Gasteiger partial charge in [0.15, 0.2) is 0 Å². The molecule has 0 N–H and O–H groups in total. The van der Waals surface area contributed by atoms with Gasteiger partial charge in [-0.25, -0.2) is 0 Å². The maximum Gasteiger partial charge on any atom is 0.306 e. The second kappa shape index (κ2) is 11.7. The lowest BCUT2D eigenvalue weighted by molar-refractivity contribution is -0.148. The Hall–Kier alpha value is -2.10. The zero-order valence-corrected chi connectivity index (χ0v) is 12.5. The number of hydrogen-bond acceptors (Lipinski definition) is 4. The summed E-state index contributed by atoms with van der Waals surface area (Å²) in [6, 6.07) is 0. The molecule has 4 nitrogen and oxygen atoms in total. The maximum atomic E-state index is 11.6. The van der Waals surface area contributed by atoms with Crippen LogP contribution in [0.1, 0.15) is 32.1 Å². The topological polar surface area (TPSA) is 52.6 Å². The van der Waals surface area contributed by atoms with Crippen LogP contribution in [0.2, 0.25) is 0 Å². The lowest BCUT2D eigenvalue weighted by atomic mass is 10.2. The number of esters is 2. The third kappa shape index (κ3) is 9.44. The number of ether oxygens (including phenoxy) is 2. The normalized spacial score (nSPS) is 12.6. The van der Waals surface area contributed by atoms with Crippen LogP contribution in [0.15, 0.2) is 50.6 Å². The van der Waals surface area contributed by atoms with Crippen LogP contribution in [-0.2, 0) is 19.1 Å². The summed E-state index contributed by atoms with van der Waals surface area (Å²) in [6.07, 6.45) is 7.47. The van der Waals surface area contributed by atoms with Crippen molar-refractivity contribution in [3.05, 3.63) is 50.6 Å². The second-order valence-electron chi connectivity index (χ2n) is 4.43. The largest absolute Gasteiger partial charge is 0.458 e. The fraction of sp³-hybridized carbons (Fsp3) is 0.412. The SMILES string of the molecule is C=CCC(C=C)OC(=O)CCCC(=O)OC(C=C)CC=C. The van der Waals surface area contributed by atoms with Crippen molar-refractivity contribution < 1.29 is 19.1 Å². The van der Waals surface area contributed by atoms with Crippen LogP contribution < -0.4 is 0 Å². The van der Waals surface area contributed by atoms with E-state index < -0.39 is 0 Å². The van der Waals surface area contributed by atoms with Crippen molar-refractivity contribution in [1.82, 2.24) is 0 Å². The van der Waals surface area contributed by atoms with Crippen molar-refractivity contribution >= 4 is 11.9 Å². The summed E-state index contributed by atoms with van der Waals surface area (Å²) in [5.74, 6) is -0.721. The van der Waals surface area contributed by atoms with Gasteiger partial charge in [-0.05, 0) is 6.42 Å². The Morgan fingerprint density at radius 2 is 1.19 bits per heavy atom. The molecular weight excluding hydrogens is 268 g/mol. The molecule has 0 aliphatic rings. The van der Waals surface area contributed by atoms with Gasteiger partial charge >= 0.3 is 11.9 Å². The van der Waals surface area contributed by atoms with Crippen molar-refractivity contribution in [2.45, 2.75) is 44.3 Å². The highest BCUT2D eigenvalue weighted by molar-refractivity contribution is 5.72. The van der Waals surface area contributed by atoms with Crippen molar-refractivity contribution in [3.63, 3.8) is 0 Å². The zero-order chi connectivity index (χ0) is 16.1. The lowest BCUT2D eigenvalue weighted by Crippen LogP contribution is -2.17. The highest BCUT2D eigenvalue weighted by Gasteiger charge is 2.13. The summed E-state index contributed by atoms with van der Waals surface area (Å²) in [5.41, 5.74) is 0. The van der Waals surface area contributed by atoms with Gasteiger partial charge in [0.05, 0.1) is 0 Å². The Kier molecular flexibility index (Phi) is 10.5. The van der Waals surface area contributed by atoms with Crippen LogP contribution in [0.25, 0.3) is 0 Å². The van der Waals surface area contributed by atoms with Gasteiger partial charge in [0, 0.05) is 25.7 Å². The monoisotopic (exact) mass is 292 g/mol. The van der Waals surface area contributed by atoms with Crippen LogP contribution in [-0.4, -0.2) is 24.1 Å². The first-order valence-corrected chi connectivity index (χ1v) is 6.93. The summed E-state index contributed by atoms with van der Waals surface area (Å²) in [5, 5.41) is 0. The van der Waals surface area contributed by atoms with Gasteiger partial charge in [0.25, 0.3) is 0 Å². The van der Waals surface area contributed by atoms with Crippen LogP contribution >= 0.6 is 0 Å². The van der Waals surface area contributed by atoms with E-state index in [9.17, 15) is 9.59 Å². The Balaban J connectivity index is 3.96. The quantitative estimate of drug-likeness (QED) is 0.408. The third-order valence-corrected chi connectivity index (χ3v) is 2.65. The van der Waals surface area contributed by atoms with Crippen LogP contribution in [0.3, 0.4) is 0 Å². The van der Waals surface area contributed by atoms with Crippen LogP contribution in [0.5, 0.6) is 0 Å². The predicted molar refractivity (Wildman–Crippen MR) is 83.6 cm³/mol. The molecule has 0 rings (SSSR count). The predicted octanol–water partition coefficient (Wildman–Crippen LogP) is 3.50. The molecule has 116 valence electrons. The summed E-state index contributed by atoms with van der Waals surface area (Å²) < 4.78 is 10.3. The van der Waals surface area contributed by atoms with Crippen molar-refractivity contribution in [2.75, 3.05) is 0 Å². The Bertz CT molecular complexity index is 348. The van der Waals surface area contributed by atoms with Gasteiger partial charge < -0.3 is 9.47 Å². The minimum Gasteiger partial charge on any atom is -0.458 e. The summed E-state index contributed by atoms with van der Waals surface area (Å²) >= 11 is 0. The third-order valence-electron chi connectivity index (χ3n) is 2.65. The lowest BCUT2D eigenvalue weighted by Gasteiger charge is -2.13. The smallest absolute Gasteiger partial charge is 0.306 e. The molecular formula is C17H24O4. The molecule has 0 radical (unpaired) electrons. The molecule has 4 heteroatoms. The standard InChI is InChI=1S/C17H24O4/c1-5-10-14(7-3)20-16(18)12-9-13-17(19)21-15(8-4)11-6-2/h5-8,14-15H,1-4,9-13H2. The molecule has 0 saturated heterocycles. The van der Waals surface area contributed by atoms with E-state index in [0.717, 1.165) is 0 Å². The van der Waals surface area contributed by atoms with Crippen molar-refractivity contribution in [2.24, 2.45) is 0 Å². The Morgan fingerprint density at radius 1 is 0.810 bits per heavy atom. The van der Waals surface area contributed by atoms with Gasteiger partial charge in [-0.15, -0.1) is 13.2 Å². The molecule has 2 atom stereocenters. The van der Waals surface area contributed by atoms with E-state index in [2.05, 4.69) is 26.3 Å². The van der Waals surface area contributed by atoms with E-state index in [4.69, 9.17) is 9.47 Å². The number of hydrogen-bond donors (Lipinski definition) is 0. The molecule has 0 fully saturated rings. The van der Waals surface area contributed by atoms with Gasteiger partial charge in [0.2, 0.25) is 0 Å². The average molecular weight is 292 g/mol. The van der Waals surface area contributed by atoms with Crippen molar-refractivity contribution in [3.8, 4) is 0 Å². The average Bonchev–Trinajstić information content (AvgIpc) is 2.46. The molecule has 0 aromatic heterocycles. The Morgan fingerprint density at radius 3 is 1.48 bits per heavy atom. The van der Waals surface area contributed by atoms with Crippen LogP contribution in [0.4, 0.5) is 0 Å². The molecule has 0 heterocycles. The summed E-state index contributed by atoms with van der Waals surface area (Å²) in [7, 11) is 0. The van der Waals surface area contributed by atoms with Gasteiger partial charge in [-0.2, -0.15) is 0 Å². The molecule has 0 aliphatic carbocycles. The van der Waals surface area contributed by atoms with E-state index in [1.807, 2.05) is 0 Å². The second-order valence-corrected chi connectivity index (χ2v) is 4.43. The molecule has 0 spiro atoms. The highest BCUT2D eigenvalue weighted by Crippen LogP contribution is 2.08. The first kappa shape index (κ1) is 18.9. The van der Waals surface area contributed by atoms with Crippen molar-refractivity contribution in [1.29, 1.82) is 0 Å². The molecule has 0 bridgehead atoms. The van der Waals surface area contributed by atoms with Crippen LogP contribution in [0, 0.1) is 0 Å². The first-order valence-electron chi connectivity index (χ1n) is 6.93. The molecule has 0 aliphatic heterocycles. The van der Waals surface area contributed by atoms with E-state index in [1.165, 1.54) is 0 Å². The van der Waals surface area contributed by atoms with Gasteiger partial charge in [-0.3, -0.25) is 9.59 Å². The summed E-state index contributed by atoms with van der Waals surface area (Å²) in [6.45, 7) is 14.3. The van der Waals surface area contributed by atoms with E-state index in [0.29, 0.717) is 19.3 Å².